The Morgan fingerprint density at radius 1 is 1.50 bits per heavy atom. The molecule has 8 heteroatoms. The summed E-state index contributed by atoms with van der Waals surface area (Å²) in [7, 11) is 1.46. The summed E-state index contributed by atoms with van der Waals surface area (Å²) in [5, 5.41) is 3.74. The minimum atomic E-state index is -0.787. The third-order valence-electron chi connectivity index (χ3n) is 2.20. The lowest BCUT2D eigenvalue weighted by molar-refractivity contribution is 0.0987. The van der Waals surface area contributed by atoms with Gasteiger partial charge >= 0.3 is 0 Å². The highest BCUT2D eigenvalue weighted by atomic mass is 35.5. The van der Waals surface area contributed by atoms with Gasteiger partial charge in [0.05, 0.1) is 23.4 Å². The number of hydrogen-bond donors (Lipinski definition) is 2. The van der Waals surface area contributed by atoms with Crippen molar-refractivity contribution in [1.82, 2.24) is 10.1 Å². The molecule has 1 aromatic heterocycles. The number of amides is 1. The highest BCUT2D eigenvalue weighted by Crippen LogP contribution is 2.35. The van der Waals surface area contributed by atoms with E-state index in [0.29, 0.717) is 22.0 Å². The van der Waals surface area contributed by atoms with E-state index in [1.807, 2.05) is 0 Å². The number of nitrogens with two attached hydrogens (primary N) is 2. The topological polar surface area (TPSA) is 117 Å². The molecule has 0 aliphatic rings. The number of nitrogens with zero attached hydrogens (tertiary/aromatic N) is 2. The molecule has 2 rings (SSSR count). The predicted octanol–water partition coefficient (Wildman–Crippen LogP) is 1.08. The molecule has 0 saturated heterocycles. The summed E-state index contributed by atoms with van der Waals surface area (Å²) in [5.74, 6) is -0.537. The van der Waals surface area contributed by atoms with Gasteiger partial charge in [0.1, 0.15) is 5.75 Å². The number of primary amides is 1. The van der Waals surface area contributed by atoms with Crippen molar-refractivity contribution in [3.63, 3.8) is 0 Å². The number of halogens is 1. The van der Waals surface area contributed by atoms with Crippen LogP contribution >= 0.6 is 11.6 Å². The molecule has 0 fully saturated rings. The molecule has 0 spiro atoms. The van der Waals surface area contributed by atoms with Crippen molar-refractivity contribution in [2.75, 3.05) is 12.8 Å². The van der Waals surface area contributed by atoms with Crippen LogP contribution in [-0.2, 0) is 0 Å². The Bertz CT molecular complexity index is 611. The zero-order chi connectivity index (χ0) is 13.3. The maximum absolute atomic E-state index is 10.9. The van der Waals surface area contributed by atoms with E-state index in [1.165, 1.54) is 19.2 Å². The van der Waals surface area contributed by atoms with Gasteiger partial charge in [-0.25, -0.2) is 0 Å². The number of rotatable bonds is 3. The lowest BCUT2D eigenvalue weighted by atomic mass is 10.2. The van der Waals surface area contributed by atoms with E-state index >= 15 is 0 Å². The van der Waals surface area contributed by atoms with Crippen LogP contribution < -0.4 is 16.2 Å². The highest BCUT2D eigenvalue weighted by molar-refractivity contribution is 6.33. The minimum absolute atomic E-state index is 0.0718. The van der Waals surface area contributed by atoms with Gasteiger partial charge < -0.3 is 20.7 Å². The summed E-state index contributed by atoms with van der Waals surface area (Å²) in [6, 6.07) is 3.03. The first kappa shape index (κ1) is 12.2. The molecule has 0 radical (unpaired) electrons. The second kappa shape index (κ2) is 4.53. The Kier molecular flexibility index (Phi) is 3.07. The van der Waals surface area contributed by atoms with Gasteiger partial charge in [0.15, 0.2) is 0 Å². The number of ether oxygens (including phenoxy) is 1. The third-order valence-corrected chi connectivity index (χ3v) is 2.52. The number of carbonyl (C=O) groups is 1. The summed E-state index contributed by atoms with van der Waals surface area (Å²) < 4.78 is 10.0. The molecule has 0 atom stereocenters. The van der Waals surface area contributed by atoms with Crippen molar-refractivity contribution in [3.05, 3.63) is 23.0 Å². The lowest BCUT2D eigenvalue weighted by Crippen LogP contribution is -2.12. The second-order valence-electron chi connectivity index (χ2n) is 3.36. The van der Waals surface area contributed by atoms with Gasteiger partial charge in [0.25, 0.3) is 17.6 Å². The van der Waals surface area contributed by atoms with Crippen LogP contribution in [0.25, 0.3) is 11.5 Å². The van der Waals surface area contributed by atoms with Crippen molar-refractivity contribution in [1.29, 1.82) is 0 Å². The van der Waals surface area contributed by atoms with Crippen molar-refractivity contribution in [2.45, 2.75) is 0 Å². The van der Waals surface area contributed by atoms with E-state index in [2.05, 4.69) is 10.1 Å². The molecule has 0 aliphatic carbocycles. The van der Waals surface area contributed by atoms with Crippen molar-refractivity contribution < 1.29 is 14.1 Å². The fourth-order valence-electron chi connectivity index (χ4n) is 1.34. The van der Waals surface area contributed by atoms with Crippen LogP contribution in [0.4, 0.5) is 5.69 Å². The molecule has 1 aromatic carbocycles. The number of nitrogen functional groups attached to an aromatic ring is 1. The zero-order valence-corrected chi connectivity index (χ0v) is 10.1. The van der Waals surface area contributed by atoms with Crippen LogP contribution in [0.1, 0.15) is 10.6 Å². The Labute approximate surface area is 107 Å². The number of aromatic nitrogens is 2. The average molecular weight is 269 g/mol. The summed E-state index contributed by atoms with van der Waals surface area (Å²) in [5.41, 5.74) is 11.5. The molecule has 7 nitrogen and oxygen atoms in total. The van der Waals surface area contributed by atoms with Crippen LogP contribution in [0.3, 0.4) is 0 Å². The molecule has 4 N–H and O–H groups in total. The third kappa shape index (κ3) is 2.07. The first-order valence-corrected chi connectivity index (χ1v) is 5.17. The van der Waals surface area contributed by atoms with Crippen LogP contribution in [0.2, 0.25) is 5.02 Å². The van der Waals surface area contributed by atoms with Gasteiger partial charge in [-0.1, -0.05) is 16.8 Å². The van der Waals surface area contributed by atoms with E-state index in [-0.39, 0.29) is 11.7 Å². The van der Waals surface area contributed by atoms with Gasteiger partial charge in [0.2, 0.25) is 0 Å². The van der Waals surface area contributed by atoms with Crippen LogP contribution in [0, 0.1) is 0 Å². The molecular formula is C10H9ClN4O3. The Balaban J connectivity index is 2.55. The van der Waals surface area contributed by atoms with E-state index in [4.69, 9.17) is 32.3 Å². The molecule has 1 amide bonds. The molecule has 0 saturated carbocycles. The number of carbonyl (C=O) groups excluding carboxylic acids is 1. The predicted molar refractivity (Wildman–Crippen MR) is 64.2 cm³/mol. The van der Waals surface area contributed by atoms with Crippen LogP contribution in [0.15, 0.2) is 16.7 Å². The summed E-state index contributed by atoms with van der Waals surface area (Å²) >= 11 is 5.90. The highest BCUT2D eigenvalue weighted by Gasteiger charge is 2.17. The van der Waals surface area contributed by atoms with Crippen LogP contribution in [-0.4, -0.2) is 23.2 Å². The molecule has 18 heavy (non-hydrogen) atoms. The number of methoxy groups -OCH3 is 1. The van der Waals surface area contributed by atoms with Gasteiger partial charge in [-0.05, 0) is 6.07 Å². The Morgan fingerprint density at radius 3 is 2.78 bits per heavy atom. The van der Waals surface area contributed by atoms with Gasteiger partial charge in [-0.15, -0.1) is 0 Å². The normalized spacial score (nSPS) is 10.3. The fourth-order valence-corrected chi connectivity index (χ4v) is 1.50. The molecule has 94 valence electrons. The first-order chi connectivity index (χ1) is 8.52. The lowest BCUT2D eigenvalue weighted by Gasteiger charge is -2.07. The first-order valence-electron chi connectivity index (χ1n) is 4.80. The molecule has 0 unspecified atom stereocenters. The maximum Gasteiger partial charge on any atom is 0.290 e. The van der Waals surface area contributed by atoms with Crippen molar-refractivity contribution >= 4 is 23.2 Å². The van der Waals surface area contributed by atoms with E-state index in [1.54, 1.807) is 0 Å². The average Bonchev–Trinajstić information content (AvgIpc) is 2.81. The Hall–Kier alpha value is -2.28. The SMILES string of the molecule is COc1cc(N)c(Cl)cc1-c1nc(C(N)=O)no1. The molecule has 0 aliphatic heterocycles. The van der Waals surface area contributed by atoms with Crippen molar-refractivity contribution in [2.24, 2.45) is 5.73 Å². The Morgan fingerprint density at radius 2 is 2.22 bits per heavy atom. The summed E-state index contributed by atoms with van der Waals surface area (Å²) in [4.78, 5) is 14.7. The molecule has 1 heterocycles. The van der Waals surface area contributed by atoms with Crippen LogP contribution in [0.5, 0.6) is 5.75 Å². The number of hydrogen-bond acceptors (Lipinski definition) is 6. The van der Waals surface area contributed by atoms with Gasteiger partial charge in [-0.2, -0.15) is 4.98 Å². The van der Waals surface area contributed by atoms with Gasteiger partial charge in [-0.3, -0.25) is 4.79 Å². The standard InChI is InChI=1S/C10H9ClN4O3/c1-17-7-3-6(12)5(11)2-4(7)10-14-9(8(13)16)15-18-10/h2-3H,12H2,1H3,(H2,13,16). The summed E-state index contributed by atoms with van der Waals surface area (Å²) in [6.07, 6.45) is 0. The molecular weight excluding hydrogens is 260 g/mol. The fraction of sp³-hybridized carbons (Fsp3) is 0.100. The molecule has 0 bridgehead atoms. The smallest absolute Gasteiger partial charge is 0.290 e. The minimum Gasteiger partial charge on any atom is -0.496 e. The largest absolute Gasteiger partial charge is 0.496 e. The number of benzene rings is 1. The van der Waals surface area contributed by atoms with E-state index in [0.717, 1.165) is 0 Å². The van der Waals surface area contributed by atoms with E-state index < -0.39 is 5.91 Å². The second-order valence-corrected chi connectivity index (χ2v) is 3.77. The van der Waals surface area contributed by atoms with E-state index in [9.17, 15) is 4.79 Å². The monoisotopic (exact) mass is 268 g/mol. The summed E-state index contributed by atoms with van der Waals surface area (Å²) in [6.45, 7) is 0. The van der Waals surface area contributed by atoms with Crippen molar-refractivity contribution in [3.8, 4) is 17.2 Å². The maximum atomic E-state index is 10.9. The zero-order valence-electron chi connectivity index (χ0n) is 9.31. The molecule has 2 aromatic rings. The van der Waals surface area contributed by atoms with Gasteiger partial charge in [0, 0.05) is 6.07 Å². The number of anilines is 1. The quantitative estimate of drug-likeness (QED) is 0.804.